The summed E-state index contributed by atoms with van der Waals surface area (Å²) in [7, 11) is 0. The first-order valence-corrected chi connectivity index (χ1v) is 6.96. The summed E-state index contributed by atoms with van der Waals surface area (Å²) < 4.78 is 10.2. The van der Waals surface area contributed by atoms with Gasteiger partial charge in [-0.2, -0.15) is 0 Å². The molecule has 6 nitrogen and oxygen atoms in total. The summed E-state index contributed by atoms with van der Waals surface area (Å²) in [6.45, 7) is 0. The van der Waals surface area contributed by atoms with Crippen LogP contribution in [0.3, 0.4) is 0 Å². The number of furan rings is 1. The first-order chi connectivity index (χ1) is 10.8. The Hall–Kier alpha value is -2.89. The second-order valence-corrected chi connectivity index (χ2v) is 4.76. The average Bonchev–Trinajstić information content (AvgIpc) is 3.25. The van der Waals surface area contributed by atoms with Crippen LogP contribution in [0.5, 0.6) is 0 Å². The molecule has 0 bridgehead atoms. The largest absolute Gasteiger partial charge is 0.467 e. The number of nitrogens with one attached hydrogen (secondary N) is 1. The van der Waals surface area contributed by atoms with Crippen molar-refractivity contribution in [3.63, 3.8) is 0 Å². The van der Waals surface area contributed by atoms with Crippen LogP contribution in [0.4, 0.5) is 0 Å². The Morgan fingerprint density at radius 1 is 1.18 bits per heavy atom. The number of aromatic nitrogens is 2. The van der Waals surface area contributed by atoms with Crippen LogP contribution in [0, 0.1) is 0 Å². The molecule has 0 fully saturated rings. The number of hydrogen-bond donors (Lipinski definition) is 1. The lowest BCUT2D eigenvalue weighted by Crippen LogP contribution is -2.29. The Balaban J connectivity index is 1.65. The van der Waals surface area contributed by atoms with Crippen LogP contribution in [-0.2, 0) is 11.2 Å². The Morgan fingerprint density at radius 3 is 2.82 bits per heavy atom. The monoisotopic (exact) mass is 297 g/mol. The fourth-order valence-corrected chi connectivity index (χ4v) is 2.14. The van der Waals surface area contributed by atoms with E-state index in [1.807, 2.05) is 18.2 Å². The highest BCUT2D eigenvalue weighted by Gasteiger charge is 2.21. The molecule has 3 aromatic rings. The predicted octanol–water partition coefficient (Wildman–Crippen LogP) is 2.50. The van der Waals surface area contributed by atoms with E-state index in [1.54, 1.807) is 30.7 Å². The van der Waals surface area contributed by atoms with E-state index in [1.165, 1.54) is 6.26 Å². The van der Waals surface area contributed by atoms with Gasteiger partial charge in [0.05, 0.1) is 6.26 Å². The van der Waals surface area contributed by atoms with E-state index < -0.39 is 6.04 Å². The van der Waals surface area contributed by atoms with Crippen LogP contribution in [-0.4, -0.2) is 16.0 Å². The number of pyridine rings is 1. The number of nitrogens with zero attached hydrogens (tertiary/aromatic N) is 2. The summed E-state index contributed by atoms with van der Waals surface area (Å²) in [4.78, 5) is 16.4. The number of aryl methyl sites for hydroxylation is 1. The normalized spacial score (nSPS) is 12.0. The lowest BCUT2D eigenvalue weighted by Gasteiger charge is -2.14. The molecule has 0 saturated carbocycles. The highest BCUT2D eigenvalue weighted by atomic mass is 16.5. The van der Waals surface area contributed by atoms with Crippen molar-refractivity contribution < 1.29 is 13.7 Å². The van der Waals surface area contributed by atoms with Gasteiger partial charge in [-0.3, -0.25) is 9.78 Å². The minimum absolute atomic E-state index is 0.102. The molecule has 22 heavy (non-hydrogen) atoms. The van der Waals surface area contributed by atoms with E-state index in [0.717, 1.165) is 5.69 Å². The highest BCUT2D eigenvalue weighted by molar-refractivity contribution is 5.77. The first-order valence-electron chi connectivity index (χ1n) is 6.96. The first kappa shape index (κ1) is 14.1. The zero-order valence-corrected chi connectivity index (χ0v) is 11.8. The van der Waals surface area contributed by atoms with E-state index in [-0.39, 0.29) is 5.91 Å². The molecule has 0 aliphatic rings. The standard InChI is InChI=1S/C16H15N3O3/c20-15(7-6-12-4-1-2-9-17-12)18-16(13-8-11-22-19-13)14-5-3-10-21-14/h1-5,8-11,16H,6-7H2,(H,18,20). The van der Waals surface area contributed by atoms with E-state index in [4.69, 9.17) is 8.94 Å². The molecule has 1 atom stereocenters. The van der Waals surface area contributed by atoms with Crippen molar-refractivity contribution >= 4 is 5.91 Å². The Morgan fingerprint density at radius 2 is 2.14 bits per heavy atom. The van der Waals surface area contributed by atoms with E-state index in [2.05, 4.69) is 15.5 Å². The van der Waals surface area contributed by atoms with E-state index >= 15 is 0 Å². The summed E-state index contributed by atoms with van der Waals surface area (Å²) in [5.74, 6) is 0.509. The number of rotatable bonds is 6. The van der Waals surface area contributed by atoms with Crippen LogP contribution in [0.2, 0.25) is 0 Å². The van der Waals surface area contributed by atoms with Gasteiger partial charge in [-0.15, -0.1) is 0 Å². The topological polar surface area (TPSA) is 81.2 Å². The fraction of sp³-hybridized carbons (Fsp3) is 0.188. The average molecular weight is 297 g/mol. The van der Waals surface area contributed by atoms with E-state index in [0.29, 0.717) is 24.3 Å². The molecule has 0 radical (unpaired) electrons. The molecule has 6 heteroatoms. The van der Waals surface area contributed by atoms with Gasteiger partial charge in [0.15, 0.2) is 0 Å². The lowest BCUT2D eigenvalue weighted by molar-refractivity contribution is -0.121. The SMILES string of the molecule is O=C(CCc1ccccn1)NC(c1ccon1)c1ccco1. The Labute approximate surface area is 127 Å². The zero-order chi connectivity index (χ0) is 15.2. The maximum Gasteiger partial charge on any atom is 0.221 e. The second kappa shape index (κ2) is 6.71. The molecule has 0 aliphatic carbocycles. The number of carbonyl (C=O) groups excluding carboxylic acids is 1. The van der Waals surface area contributed by atoms with Gasteiger partial charge < -0.3 is 14.3 Å². The predicted molar refractivity (Wildman–Crippen MR) is 77.8 cm³/mol. The third kappa shape index (κ3) is 3.41. The molecular formula is C16H15N3O3. The molecule has 0 saturated heterocycles. The smallest absolute Gasteiger partial charge is 0.221 e. The number of carbonyl (C=O) groups is 1. The van der Waals surface area contributed by atoms with Crippen LogP contribution in [0.15, 0.2) is 64.1 Å². The molecule has 0 spiro atoms. The van der Waals surface area contributed by atoms with Gasteiger partial charge in [0, 0.05) is 24.4 Å². The molecule has 3 rings (SSSR count). The van der Waals surface area contributed by atoms with Gasteiger partial charge in [-0.1, -0.05) is 11.2 Å². The third-order valence-electron chi connectivity index (χ3n) is 3.22. The summed E-state index contributed by atoms with van der Waals surface area (Å²) in [6.07, 6.45) is 5.66. The molecular weight excluding hydrogens is 282 g/mol. The van der Waals surface area contributed by atoms with E-state index in [9.17, 15) is 4.79 Å². The Kier molecular flexibility index (Phi) is 4.29. The van der Waals surface area contributed by atoms with Crippen molar-refractivity contribution in [1.82, 2.24) is 15.5 Å². The molecule has 1 unspecified atom stereocenters. The number of amides is 1. The van der Waals surface area contributed by atoms with Crippen LogP contribution in [0.1, 0.15) is 29.6 Å². The molecule has 0 aromatic carbocycles. The van der Waals surface area contributed by atoms with Crippen molar-refractivity contribution in [2.45, 2.75) is 18.9 Å². The molecule has 112 valence electrons. The zero-order valence-electron chi connectivity index (χ0n) is 11.8. The summed E-state index contributed by atoms with van der Waals surface area (Å²) in [5, 5.41) is 6.79. The maximum absolute atomic E-state index is 12.2. The minimum atomic E-state index is -0.454. The molecule has 1 N–H and O–H groups in total. The Bertz CT molecular complexity index is 659. The minimum Gasteiger partial charge on any atom is -0.467 e. The molecule has 0 aliphatic heterocycles. The van der Waals surface area contributed by atoms with Gasteiger partial charge in [0.25, 0.3) is 0 Å². The van der Waals surface area contributed by atoms with Gasteiger partial charge in [0.2, 0.25) is 5.91 Å². The second-order valence-electron chi connectivity index (χ2n) is 4.76. The third-order valence-corrected chi connectivity index (χ3v) is 3.22. The molecule has 1 amide bonds. The summed E-state index contributed by atoms with van der Waals surface area (Å²) in [6, 6.07) is 10.5. The van der Waals surface area contributed by atoms with Crippen molar-refractivity contribution in [1.29, 1.82) is 0 Å². The molecule has 3 heterocycles. The quantitative estimate of drug-likeness (QED) is 0.756. The summed E-state index contributed by atoms with van der Waals surface area (Å²) >= 11 is 0. The van der Waals surface area contributed by atoms with Crippen LogP contribution < -0.4 is 5.32 Å². The van der Waals surface area contributed by atoms with Gasteiger partial charge in [-0.05, 0) is 30.7 Å². The summed E-state index contributed by atoms with van der Waals surface area (Å²) in [5.41, 5.74) is 1.48. The fourth-order valence-electron chi connectivity index (χ4n) is 2.14. The molecule has 3 aromatic heterocycles. The van der Waals surface area contributed by atoms with Crippen LogP contribution >= 0.6 is 0 Å². The van der Waals surface area contributed by atoms with Gasteiger partial charge in [0.1, 0.15) is 23.8 Å². The number of hydrogen-bond acceptors (Lipinski definition) is 5. The lowest BCUT2D eigenvalue weighted by atomic mass is 10.1. The van der Waals surface area contributed by atoms with Crippen molar-refractivity contribution in [3.05, 3.63) is 72.3 Å². The van der Waals surface area contributed by atoms with Crippen molar-refractivity contribution in [2.24, 2.45) is 0 Å². The van der Waals surface area contributed by atoms with Crippen LogP contribution in [0.25, 0.3) is 0 Å². The van der Waals surface area contributed by atoms with Gasteiger partial charge in [-0.25, -0.2) is 0 Å². The van der Waals surface area contributed by atoms with Gasteiger partial charge >= 0.3 is 0 Å². The highest BCUT2D eigenvalue weighted by Crippen LogP contribution is 2.21. The van der Waals surface area contributed by atoms with Crippen molar-refractivity contribution in [2.75, 3.05) is 0 Å². The maximum atomic E-state index is 12.2. The van der Waals surface area contributed by atoms with Crippen molar-refractivity contribution in [3.8, 4) is 0 Å².